The predicted octanol–water partition coefficient (Wildman–Crippen LogP) is 1.05. The van der Waals surface area contributed by atoms with Gasteiger partial charge in [0.2, 0.25) is 0 Å². The molecule has 7 heteroatoms. The summed E-state index contributed by atoms with van der Waals surface area (Å²) in [6.07, 6.45) is 2.78. The van der Waals surface area contributed by atoms with Crippen LogP contribution in [0.25, 0.3) is 0 Å². The topological polar surface area (TPSA) is 87.3 Å². The molecule has 0 saturated carbocycles. The number of aryl methyl sites for hydroxylation is 1. The first kappa shape index (κ1) is 14.7. The monoisotopic (exact) mass is 326 g/mol. The zero-order chi connectivity index (χ0) is 16.7. The van der Waals surface area contributed by atoms with Gasteiger partial charge >= 0.3 is 0 Å². The van der Waals surface area contributed by atoms with Gasteiger partial charge in [0.05, 0.1) is 5.69 Å². The van der Waals surface area contributed by atoms with E-state index in [4.69, 9.17) is 4.74 Å². The number of hydrogen-bond acceptors (Lipinski definition) is 4. The molecule has 2 N–H and O–H groups in total. The van der Waals surface area contributed by atoms with Crippen LogP contribution in [0.4, 0.5) is 5.69 Å². The molecule has 7 nitrogen and oxygen atoms in total. The van der Waals surface area contributed by atoms with Crippen LogP contribution in [0.5, 0.6) is 5.75 Å². The van der Waals surface area contributed by atoms with Gasteiger partial charge in [0.25, 0.3) is 11.8 Å². The van der Waals surface area contributed by atoms with E-state index in [1.807, 2.05) is 24.3 Å². The molecule has 2 amide bonds. The molecule has 124 valence electrons. The molecule has 2 aromatic rings. The number of benzene rings is 1. The van der Waals surface area contributed by atoms with Crippen molar-refractivity contribution in [3.05, 3.63) is 41.2 Å². The van der Waals surface area contributed by atoms with Crippen LogP contribution < -0.4 is 15.0 Å². The highest BCUT2D eigenvalue weighted by atomic mass is 16.5. The van der Waals surface area contributed by atoms with Gasteiger partial charge in [-0.15, -0.1) is 0 Å². The highest BCUT2D eigenvalue weighted by Crippen LogP contribution is 2.30. The van der Waals surface area contributed by atoms with Crippen LogP contribution in [0.3, 0.4) is 0 Å². The van der Waals surface area contributed by atoms with Gasteiger partial charge in [-0.3, -0.25) is 14.7 Å². The van der Waals surface area contributed by atoms with E-state index >= 15 is 0 Å². The van der Waals surface area contributed by atoms with E-state index in [0.29, 0.717) is 17.1 Å². The van der Waals surface area contributed by atoms with Crippen LogP contribution in [0.2, 0.25) is 0 Å². The Bertz CT molecular complexity index is 814. The van der Waals surface area contributed by atoms with Gasteiger partial charge in [-0.2, -0.15) is 5.10 Å². The number of nitrogens with zero attached hydrogens (tertiary/aromatic N) is 2. The number of para-hydroxylation sites is 2. The number of anilines is 1. The molecule has 24 heavy (non-hydrogen) atoms. The minimum atomic E-state index is -0.747. The zero-order valence-electron chi connectivity index (χ0n) is 13.3. The van der Waals surface area contributed by atoms with Crippen LogP contribution in [-0.2, 0) is 17.6 Å². The minimum absolute atomic E-state index is 0.0958. The average molecular weight is 326 g/mol. The van der Waals surface area contributed by atoms with E-state index in [2.05, 4.69) is 15.5 Å². The highest BCUT2D eigenvalue weighted by molar-refractivity contribution is 6.03. The maximum atomic E-state index is 12.6. The molecule has 4 rings (SSSR count). The highest BCUT2D eigenvalue weighted by Gasteiger charge is 2.32. The molecule has 1 aromatic carbocycles. The number of carbonyl (C=O) groups excluding carboxylic acids is 2. The third-order valence-electron chi connectivity index (χ3n) is 4.59. The van der Waals surface area contributed by atoms with Crippen molar-refractivity contribution in [3.8, 4) is 5.75 Å². The first-order valence-corrected chi connectivity index (χ1v) is 8.01. The van der Waals surface area contributed by atoms with E-state index in [1.54, 1.807) is 7.05 Å². The Labute approximate surface area is 139 Å². The lowest BCUT2D eigenvalue weighted by atomic mass is 10.1. The fourth-order valence-electron chi connectivity index (χ4n) is 3.29. The van der Waals surface area contributed by atoms with Gasteiger partial charge in [-0.1, -0.05) is 12.1 Å². The number of carbonyl (C=O) groups is 2. The lowest BCUT2D eigenvalue weighted by Crippen LogP contribution is -2.49. The molecule has 1 aliphatic heterocycles. The molecule has 0 fully saturated rings. The number of aromatic nitrogens is 2. The van der Waals surface area contributed by atoms with Gasteiger partial charge in [-0.25, -0.2) is 0 Å². The van der Waals surface area contributed by atoms with Gasteiger partial charge < -0.3 is 15.0 Å². The lowest BCUT2D eigenvalue weighted by molar-refractivity contribution is -0.120. The van der Waals surface area contributed by atoms with Crippen molar-refractivity contribution in [3.63, 3.8) is 0 Å². The molecule has 1 aliphatic carbocycles. The molecule has 1 aromatic heterocycles. The van der Waals surface area contributed by atoms with Crippen molar-refractivity contribution in [2.24, 2.45) is 0 Å². The average Bonchev–Trinajstić information content (AvgIpc) is 3.18. The summed E-state index contributed by atoms with van der Waals surface area (Å²) >= 11 is 0. The summed E-state index contributed by atoms with van der Waals surface area (Å²) in [6.45, 7) is 0.0958. The molecule has 1 atom stereocenters. The van der Waals surface area contributed by atoms with E-state index in [-0.39, 0.29) is 18.4 Å². The summed E-state index contributed by atoms with van der Waals surface area (Å²) in [4.78, 5) is 26.7. The van der Waals surface area contributed by atoms with Crippen molar-refractivity contribution >= 4 is 17.5 Å². The molecule has 0 bridgehead atoms. The maximum absolute atomic E-state index is 12.6. The van der Waals surface area contributed by atoms with Crippen molar-refractivity contribution < 1.29 is 14.3 Å². The van der Waals surface area contributed by atoms with E-state index < -0.39 is 6.04 Å². The minimum Gasteiger partial charge on any atom is -0.489 e. The molecular weight excluding hydrogens is 308 g/mol. The Morgan fingerprint density at radius 3 is 3.08 bits per heavy atom. The van der Waals surface area contributed by atoms with Gasteiger partial charge in [0, 0.05) is 18.3 Å². The van der Waals surface area contributed by atoms with Crippen LogP contribution in [0, 0.1) is 0 Å². The Balaban J connectivity index is 1.55. The van der Waals surface area contributed by atoms with Crippen molar-refractivity contribution in [2.45, 2.75) is 25.3 Å². The van der Waals surface area contributed by atoms with Crippen molar-refractivity contribution in [1.82, 2.24) is 15.5 Å². The number of likely N-dealkylation sites (N-methyl/N-ethyl adjacent to an activating group) is 1. The second-order valence-corrected chi connectivity index (χ2v) is 6.08. The SMILES string of the molecule is CN1C(=O)[C@@H](NC(=O)c2n[nH]c3c2CCC3)COc2ccccc21. The number of nitrogens with one attached hydrogen (secondary N) is 2. The first-order valence-electron chi connectivity index (χ1n) is 8.01. The summed E-state index contributed by atoms with van der Waals surface area (Å²) in [5.74, 6) is 0.0851. The Hall–Kier alpha value is -2.83. The summed E-state index contributed by atoms with van der Waals surface area (Å²) in [6, 6.07) is 6.58. The molecule has 2 aliphatic rings. The number of ether oxygens (including phenoxy) is 1. The Morgan fingerprint density at radius 2 is 2.21 bits per heavy atom. The van der Waals surface area contributed by atoms with Gasteiger partial charge in [-0.05, 0) is 31.4 Å². The Kier molecular flexibility index (Phi) is 3.48. The van der Waals surface area contributed by atoms with Gasteiger partial charge in [0.15, 0.2) is 5.69 Å². The molecule has 0 spiro atoms. The third kappa shape index (κ3) is 2.33. The summed E-state index contributed by atoms with van der Waals surface area (Å²) < 4.78 is 5.71. The van der Waals surface area contributed by atoms with Gasteiger partial charge in [0.1, 0.15) is 18.4 Å². The zero-order valence-corrected chi connectivity index (χ0v) is 13.3. The lowest BCUT2D eigenvalue weighted by Gasteiger charge is -2.20. The standard InChI is InChI=1S/C17H18N4O3/c1-21-13-7-2-3-8-14(13)24-9-12(17(21)23)18-16(22)15-10-5-4-6-11(10)19-20-15/h2-3,7-8,12H,4-6,9H2,1H3,(H,18,22)(H,19,20)/t12-/m0/s1. The molecule has 0 unspecified atom stereocenters. The summed E-state index contributed by atoms with van der Waals surface area (Å²) in [5, 5.41) is 9.79. The second-order valence-electron chi connectivity index (χ2n) is 6.08. The normalized spacial score (nSPS) is 19.3. The predicted molar refractivity (Wildman–Crippen MR) is 87.2 cm³/mol. The molecule has 2 heterocycles. The molecule has 0 radical (unpaired) electrons. The third-order valence-corrected chi connectivity index (χ3v) is 4.59. The maximum Gasteiger partial charge on any atom is 0.272 e. The van der Waals surface area contributed by atoms with E-state index in [9.17, 15) is 9.59 Å². The number of H-pyrrole nitrogens is 1. The number of amides is 2. The number of rotatable bonds is 2. The van der Waals surface area contributed by atoms with Crippen LogP contribution in [-0.4, -0.2) is 41.7 Å². The van der Waals surface area contributed by atoms with Crippen LogP contribution in [0.1, 0.15) is 28.2 Å². The number of aromatic amines is 1. The van der Waals surface area contributed by atoms with Crippen LogP contribution >= 0.6 is 0 Å². The first-order chi connectivity index (χ1) is 11.6. The Morgan fingerprint density at radius 1 is 1.38 bits per heavy atom. The largest absolute Gasteiger partial charge is 0.489 e. The fourth-order valence-corrected chi connectivity index (χ4v) is 3.29. The van der Waals surface area contributed by atoms with Crippen molar-refractivity contribution in [1.29, 1.82) is 0 Å². The van der Waals surface area contributed by atoms with E-state index in [1.165, 1.54) is 4.90 Å². The quantitative estimate of drug-likeness (QED) is 0.864. The van der Waals surface area contributed by atoms with Crippen LogP contribution in [0.15, 0.2) is 24.3 Å². The number of fused-ring (bicyclic) bond motifs is 2. The summed E-state index contributed by atoms with van der Waals surface area (Å²) in [7, 11) is 1.68. The molecule has 0 saturated heterocycles. The summed E-state index contributed by atoms with van der Waals surface area (Å²) in [5.41, 5.74) is 3.07. The number of hydrogen-bond donors (Lipinski definition) is 2. The second kappa shape index (κ2) is 5.67. The fraction of sp³-hybridized carbons (Fsp3) is 0.353. The smallest absolute Gasteiger partial charge is 0.272 e. The van der Waals surface area contributed by atoms with Crippen molar-refractivity contribution in [2.75, 3.05) is 18.6 Å². The van der Waals surface area contributed by atoms with E-state index in [0.717, 1.165) is 30.5 Å². The molecular formula is C17H18N4O3.